The topological polar surface area (TPSA) is 96.4 Å². The second kappa shape index (κ2) is 9.72. The molecule has 37 heavy (non-hydrogen) atoms. The predicted molar refractivity (Wildman–Crippen MR) is 134 cm³/mol. The average Bonchev–Trinajstić information content (AvgIpc) is 3.23. The number of nitrogens with zero attached hydrogens (tertiary/aromatic N) is 2. The molecule has 4 aliphatic heterocycles. The number of cyclic esters (lactones) is 1. The van der Waals surface area contributed by atoms with Gasteiger partial charge in [0.05, 0.1) is 24.7 Å². The Morgan fingerprint density at radius 2 is 1.81 bits per heavy atom. The quantitative estimate of drug-likeness (QED) is 0.485. The number of fused-ring (bicyclic) bond motifs is 2. The van der Waals surface area contributed by atoms with E-state index in [2.05, 4.69) is 0 Å². The van der Waals surface area contributed by atoms with E-state index in [1.807, 2.05) is 47.4 Å². The zero-order valence-electron chi connectivity index (χ0n) is 20.9. The highest BCUT2D eigenvalue weighted by Crippen LogP contribution is 2.54. The van der Waals surface area contributed by atoms with Crippen LogP contribution < -0.4 is 0 Å². The molecule has 0 bridgehead atoms. The third-order valence-electron chi connectivity index (χ3n) is 8.82. The first kappa shape index (κ1) is 24.4. The van der Waals surface area contributed by atoms with Crippen LogP contribution in [0.15, 0.2) is 54.6 Å². The lowest BCUT2D eigenvalue weighted by molar-refractivity contribution is -0.155. The molecule has 1 aromatic carbocycles. The molecule has 1 saturated carbocycles. The number of esters is 1. The second-order valence-electron chi connectivity index (χ2n) is 10.9. The Labute approximate surface area is 216 Å². The van der Waals surface area contributed by atoms with Gasteiger partial charge in [-0.3, -0.25) is 14.4 Å². The number of hydrogen-bond donors (Lipinski definition) is 1. The third kappa shape index (κ3) is 3.92. The van der Waals surface area contributed by atoms with E-state index in [4.69, 9.17) is 9.47 Å². The van der Waals surface area contributed by atoms with Crippen LogP contribution in [0.25, 0.3) is 0 Å². The molecular weight excluding hydrogens is 472 g/mol. The highest BCUT2D eigenvalue weighted by molar-refractivity contribution is 5.99. The molecule has 5 aliphatic rings. The molecule has 0 aromatic heterocycles. The van der Waals surface area contributed by atoms with E-state index in [1.165, 1.54) is 6.42 Å². The predicted octanol–water partition coefficient (Wildman–Crippen LogP) is 2.01. The smallest absolute Gasteiger partial charge is 0.313 e. The molecular formula is C29H34N2O6. The molecule has 8 heteroatoms. The van der Waals surface area contributed by atoms with Crippen LogP contribution in [0.1, 0.15) is 37.7 Å². The van der Waals surface area contributed by atoms with E-state index >= 15 is 0 Å². The molecule has 2 saturated heterocycles. The lowest BCUT2D eigenvalue weighted by atomic mass is 9.78. The average molecular weight is 507 g/mol. The van der Waals surface area contributed by atoms with E-state index in [-0.39, 0.29) is 31.1 Å². The van der Waals surface area contributed by atoms with Crippen molar-refractivity contribution in [3.8, 4) is 0 Å². The Morgan fingerprint density at radius 3 is 2.57 bits per heavy atom. The highest BCUT2D eigenvalue weighted by Gasteiger charge is 2.72. The molecule has 6 rings (SSSR count). The normalized spacial score (nSPS) is 34.5. The minimum atomic E-state index is -1.29. The molecule has 1 aliphatic carbocycles. The number of ether oxygens (including phenoxy) is 2. The molecule has 8 nitrogen and oxygen atoms in total. The standard InChI is InChI=1S/C29H34N2O6/c32-18-21(17-19-9-3-1-4-10-19)31-25-27(34)30(20-11-5-2-6-12-20)15-8-14-29(25)24(26(31)33)23-22(37-29)13-7-16-36-28(23)35/h1,3-4,7-10,13-14,20-25,32H,2,5-6,11-12,15-18H2/t21-,22+,23-,24+,25?,29+/m1/s1. The molecule has 1 N–H and O–H groups in total. The van der Waals surface area contributed by atoms with Gasteiger partial charge in [-0.25, -0.2) is 0 Å². The van der Waals surface area contributed by atoms with Crippen molar-refractivity contribution in [3.63, 3.8) is 0 Å². The fourth-order valence-corrected chi connectivity index (χ4v) is 7.18. The first-order valence-corrected chi connectivity index (χ1v) is 13.5. The van der Waals surface area contributed by atoms with Crippen LogP contribution in [0, 0.1) is 11.8 Å². The molecule has 1 aromatic rings. The van der Waals surface area contributed by atoms with Gasteiger partial charge in [-0.2, -0.15) is 0 Å². The van der Waals surface area contributed by atoms with E-state index in [9.17, 15) is 19.5 Å². The summed E-state index contributed by atoms with van der Waals surface area (Å²) in [6, 6.07) is 8.15. The van der Waals surface area contributed by atoms with Gasteiger partial charge >= 0.3 is 5.97 Å². The van der Waals surface area contributed by atoms with Crippen molar-refractivity contribution in [3.05, 3.63) is 60.2 Å². The number of amides is 2. The van der Waals surface area contributed by atoms with Gasteiger partial charge < -0.3 is 24.4 Å². The molecule has 196 valence electrons. The summed E-state index contributed by atoms with van der Waals surface area (Å²) in [4.78, 5) is 45.3. The summed E-state index contributed by atoms with van der Waals surface area (Å²) in [5.41, 5.74) is -0.339. The van der Waals surface area contributed by atoms with Crippen molar-refractivity contribution < 1.29 is 29.0 Å². The fourth-order valence-electron chi connectivity index (χ4n) is 7.18. The maximum Gasteiger partial charge on any atom is 0.313 e. The number of carbonyl (C=O) groups is 3. The lowest BCUT2D eigenvalue weighted by Gasteiger charge is -2.41. The third-order valence-corrected chi connectivity index (χ3v) is 8.82. The van der Waals surface area contributed by atoms with Gasteiger partial charge in [0.25, 0.3) is 0 Å². The lowest BCUT2D eigenvalue weighted by Crippen LogP contribution is -2.60. The minimum Gasteiger partial charge on any atom is -0.461 e. The van der Waals surface area contributed by atoms with Crippen molar-refractivity contribution in [2.75, 3.05) is 19.8 Å². The molecule has 6 atom stereocenters. The fraction of sp³-hybridized carbons (Fsp3) is 0.552. The summed E-state index contributed by atoms with van der Waals surface area (Å²) in [7, 11) is 0. The highest BCUT2D eigenvalue weighted by atomic mass is 16.6. The zero-order chi connectivity index (χ0) is 25.6. The molecule has 1 unspecified atom stereocenters. The van der Waals surface area contributed by atoms with Gasteiger partial charge in [0.1, 0.15) is 24.2 Å². The first-order valence-electron chi connectivity index (χ1n) is 13.5. The summed E-state index contributed by atoms with van der Waals surface area (Å²) in [6.45, 7) is 0.268. The van der Waals surface area contributed by atoms with Crippen LogP contribution in [0.4, 0.5) is 0 Å². The Kier molecular flexibility index (Phi) is 6.41. The monoisotopic (exact) mass is 506 g/mol. The summed E-state index contributed by atoms with van der Waals surface area (Å²) < 4.78 is 12.0. The van der Waals surface area contributed by atoms with Gasteiger partial charge in [0.2, 0.25) is 11.8 Å². The summed E-state index contributed by atoms with van der Waals surface area (Å²) >= 11 is 0. The summed E-state index contributed by atoms with van der Waals surface area (Å²) in [5, 5.41) is 10.5. The number of carbonyl (C=O) groups excluding carboxylic acids is 3. The Morgan fingerprint density at radius 1 is 1.03 bits per heavy atom. The van der Waals surface area contributed by atoms with Gasteiger partial charge in [-0.15, -0.1) is 0 Å². The Hall–Kier alpha value is -2.97. The van der Waals surface area contributed by atoms with Crippen LogP contribution in [0.5, 0.6) is 0 Å². The maximum absolute atomic E-state index is 14.4. The SMILES string of the molecule is O=C1OCC=C[C@@H]2O[C@]34C=CCN(C5CCCCC5)C(=O)C3N([C@@H](CO)Cc3ccccc3)C(=O)[C@@H]4[C@H]12. The van der Waals surface area contributed by atoms with Crippen molar-refractivity contribution in [2.24, 2.45) is 11.8 Å². The van der Waals surface area contributed by atoms with E-state index in [1.54, 1.807) is 17.1 Å². The maximum atomic E-state index is 14.4. The number of hydrogen-bond acceptors (Lipinski definition) is 6. The van der Waals surface area contributed by atoms with Crippen LogP contribution in [0.3, 0.4) is 0 Å². The minimum absolute atomic E-state index is 0.107. The van der Waals surface area contributed by atoms with Crippen LogP contribution >= 0.6 is 0 Å². The number of rotatable bonds is 5. The number of likely N-dealkylation sites (tertiary alicyclic amines) is 1. The van der Waals surface area contributed by atoms with Gasteiger partial charge in [0, 0.05) is 12.6 Å². The van der Waals surface area contributed by atoms with Crippen molar-refractivity contribution in [1.82, 2.24) is 9.80 Å². The summed E-state index contributed by atoms with van der Waals surface area (Å²) in [5.74, 6) is -2.71. The molecule has 0 radical (unpaired) electrons. The van der Waals surface area contributed by atoms with Gasteiger partial charge in [0.15, 0.2) is 0 Å². The Balaban J connectivity index is 1.44. The van der Waals surface area contributed by atoms with Gasteiger partial charge in [-0.1, -0.05) is 67.8 Å². The number of aliphatic hydroxyl groups is 1. The second-order valence-corrected chi connectivity index (χ2v) is 10.9. The van der Waals surface area contributed by atoms with Crippen molar-refractivity contribution >= 4 is 17.8 Å². The van der Waals surface area contributed by atoms with E-state index in [0.29, 0.717) is 13.0 Å². The molecule has 4 heterocycles. The first-order chi connectivity index (χ1) is 18.0. The van der Waals surface area contributed by atoms with E-state index in [0.717, 1.165) is 31.2 Å². The van der Waals surface area contributed by atoms with Crippen LogP contribution in [-0.2, 0) is 30.3 Å². The molecule has 2 amide bonds. The van der Waals surface area contributed by atoms with Crippen molar-refractivity contribution in [2.45, 2.75) is 68.4 Å². The number of benzene rings is 1. The largest absolute Gasteiger partial charge is 0.461 e. The van der Waals surface area contributed by atoms with Crippen molar-refractivity contribution in [1.29, 1.82) is 0 Å². The number of aliphatic hydroxyl groups excluding tert-OH is 1. The van der Waals surface area contributed by atoms with E-state index < -0.39 is 41.6 Å². The summed E-state index contributed by atoms with van der Waals surface area (Å²) in [6.07, 6.45) is 12.2. The van der Waals surface area contributed by atoms with Crippen LogP contribution in [0.2, 0.25) is 0 Å². The Bertz CT molecular complexity index is 1110. The molecule has 3 fully saturated rings. The molecule has 1 spiro atoms. The zero-order valence-corrected chi connectivity index (χ0v) is 20.9. The van der Waals surface area contributed by atoms with Crippen LogP contribution in [-0.4, -0.2) is 82.3 Å². The van der Waals surface area contributed by atoms with Gasteiger partial charge in [-0.05, 0) is 30.9 Å².